The number of anilines is 1. The first-order valence-electron chi connectivity index (χ1n) is 8.15. The molecule has 1 aliphatic rings. The SMILES string of the molecule is COc1ccc(CN2CCN(c3ccc(S(N)(=O)=O)cn3)CC2)cc1F. The first kappa shape index (κ1) is 18.6. The van der Waals surface area contributed by atoms with Gasteiger partial charge in [0.15, 0.2) is 11.6 Å². The van der Waals surface area contributed by atoms with Crippen LogP contribution in [0.25, 0.3) is 0 Å². The number of nitrogens with two attached hydrogens (primary N) is 1. The lowest BCUT2D eigenvalue weighted by molar-refractivity contribution is 0.249. The van der Waals surface area contributed by atoms with E-state index in [4.69, 9.17) is 9.88 Å². The Hall–Kier alpha value is -2.23. The summed E-state index contributed by atoms with van der Waals surface area (Å²) in [5.41, 5.74) is 0.896. The molecule has 1 aromatic carbocycles. The molecular formula is C17H21FN4O3S. The molecule has 2 aromatic rings. The average Bonchev–Trinajstić information content (AvgIpc) is 2.62. The van der Waals surface area contributed by atoms with Gasteiger partial charge in [-0.1, -0.05) is 6.07 Å². The van der Waals surface area contributed by atoms with Gasteiger partial charge in [0.2, 0.25) is 10.0 Å². The second kappa shape index (κ2) is 7.56. The van der Waals surface area contributed by atoms with Crippen molar-refractivity contribution in [3.05, 3.63) is 47.9 Å². The van der Waals surface area contributed by atoms with E-state index in [0.717, 1.165) is 31.7 Å². The van der Waals surface area contributed by atoms with Crippen LogP contribution in [-0.2, 0) is 16.6 Å². The van der Waals surface area contributed by atoms with Gasteiger partial charge in [0, 0.05) is 38.9 Å². The minimum Gasteiger partial charge on any atom is -0.494 e. The van der Waals surface area contributed by atoms with Gasteiger partial charge >= 0.3 is 0 Å². The molecule has 140 valence electrons. The number of primary sulfonamides is 1. The Morgan fingerprint density at radius 1 is 1.19 bits per heavy atom. The Morgan fingerprint density at radius 2 is 1.92 bits per heavy atom. The zero-order chi connectivity index (χ0) is 18.7. The van der Waals surface area contributed by atoms with Crippen LogP contribution >= 0.6 is 0 Å². The smallest absolute Gasteiger partial charge is 0.239 e. The standard InChI is InChI=1S/C17H21FN4O3S/c1-25-16-4-2-13(10-15(16)18)12-21-6-8-22(9-7-21)17-5-3-14(11-20-17)26(19,23)24/h2-5,10-11H,6-9,12H2,1H3,(H2,19,23,24). The fourth-order valence-electron chi connectivity index (χ4n) is 2.93. The molecule has 0 bridgehead atoms. The second-order valence-corrected chi connectivity index (χ2v) is 7.69. The molecule has 2 heterocycles. The van der Waals surface area contributed by atoms with Crippen LogP contribution in [0.2, 0.25) is 0 Å². The van der Waals surface area contributed by atoms with Crippen LogP contribution < -0.4 is 14.8 Å². The van der Waals surface area contributed by atoms with Crippen LogP contribution in [-0.4, -0.2) is 51.6 Å². The van der Waals surface area contributed by atoms with E-state index >= 15 is 0 Å². The van der Waals surface area contributed by atoms with Gasteiger partial charge in [-0.05, 0) is 29.8 Å². The van der Waals surface area contributed by atoms with E-state index in [2.05, 4.69) is 14.8 Å². The van der Waals surface area contributed by atoms with Crippen LogP contribution in [0.3, 0.4) is 0 Å². The highest BCUT2D eigenvalue weighted by molar-refractivity contribution is 7.89. The Kier molecular flexibility index (Phi) is 5.40. The molecule has 1 aliphatic heterocycles. The fourth-order valence-corrected chi connectivity index (χ4v) is 3.39. The Labute approximate surface area is 152 Å². The van der Waals surface area contributed by atoms with Crippen LogP contribution in [0, 0.1) is 5.82 Å². The number of aromatic nitrogens is 1. The number of sulfonamides is 1. The first-order valence-corrected chi connectivity index (χ1v) is 9.70. The Balaban J connectivity index is 1.58. The lowest BCUT2D eigenvalue weighted by Gasteiger charge is -2.35. The molecule has 26 heavy (non-hydrogen) atoms. The van der Waals surface area contributed by atoms with Crippen LogP contribution in [0.1, 0.15) is 5.56 Å². The lowest BCUT2D eigenvalue weighted by atomic mass is 10.2. The number of pyridine rings is 1. The van der Waals surface area contributed by atoms with E-state index in [1.165, 1.54) is 25.4 Å². The number of piperazine rings is 1. The van der Waals surface area contributed by atoms with Crippen LogP contribution in [0.4, 0.5) is 10.2 Å². The zero-order valence-corrected chi connectivity index (χ0v) is 15.2. The number of hydrogen-bond acceptors (Lipinski definition) is 6. The predicted octanol–water partition coefficient (Wildman–Crippen LogP) is 1.20. The minimum absolute atomic E-state index is 0.00131. The molecular weight excluding hydrogens is 359 g/mol. The minimum atomic E-state index is -3.73. The molecule has 0 aliphatic carbocycles. The van der Waals surface area contributed by atoms with Crippen molar-refractivity contribution in [2.24, 2.45) is 5.14 Å². The lowest BCUT2D eigenvalue weighted by Crippen LogP contribution is -2.46. The molecule has 0 radical (unpaired) electrons. The monoisotopic (exact) mass is 380 g/mol. The van der Waals surface area contributed by atoms with E-state index in [1.807, 2.05) is 6.07 Å². The summed E-state index contributed by atoms with van der Waals surface area (Å²) >= 11 is 0. The highest BCUT2D eigenvalue weighted by atomic mass is 32.2. The summed E-state index contributed by atoms with van der Waals surface area (Å²) in [5.74, 6) is 0.600. The van der Waals surface area contributed by atoms with Gasteiger partial charge in [-0.25, -0.2) is 22.9 Å². The number of hydrogen-bond donors (Lipinski definition) is 1. The summed E-state index contributed by atoms with van der Waals surface area (Å²) in [6, 6.07) is 8.12. The third-order valence-electron chi connectivity index (χ3n) is 4.37. The summed E-state index contributed by atoms with van der Waals surface area (Å²) in [4.78, 5) is 8.51. The van der Waals surface area contributed by atoms with Gasteiger partial charge in [-0.3, -0.25) is 4.90 Å². The van der Waals surface area contributed by atoms with Crippen molar-refractivity contribution in [1.82, 2.24) is 9.88 Å². The molecule has 0 unspecified atom stereocenters. The molecule has 3 rings (SSSR count). The second-order valence-electron chi connectivity index (χ2n) is 6.13. The largest absolute Gasteiger partial charge is 0.494 e. The maximum Gasteiger partial charge on any atom is 0.239 e. The maximum absolute atomic E-state index is 13.8. The topological polar surface area (TPSA) is 88.8 Å². The molecule has 0 spiro atoms. The fraction of sp³-hybridized carbons (Fsp3) is 0.353. The van der Waals surface area contributed by atoms with E-state index in [-0.39, 0.29) is 16.5 Å². The first-order chi connectivity index (χ1) is 12.4. The maximum atomic E-state index is 13.8. The summed E-state index contributed by atoms with van der Waals surface area (Å²) in [6.45, 7) is 3.76. The molecule has 0 atom stereocenters. The van der Waals surface area contributed by atoms with Gasteiger partial charge in [0.25, 0.3) is 0 Å². The summed E-state index contributed by atoms with van der Waals surface area (Å²) in [5, 5.41) is 5.08. The van der Waals surface area contributed by atoms with Crippen molar-refractivity contribution in [3.63, 3.8) is 0 Å². The Bertz CT molecular complexity index is 866. The van der Waals surface area contributed by atoms with Gasteiger partial charge in [0.1, 0.15) is 10.7 Å². The number of nitrogens with zero attached hydrogens (tertiary/aromatic N) is 3. The summed E-state index contributed by atoms with van der Waals surface area (Å²) in [7, 11) is -2.29. The van der Waals surface area contributed by atoms with E-state index in [0.29, 0.717) is 12.4 Å². The van der Waals surface area contributed by atoms with E-state index < -0.39 is 10.0 Å². The number of benzene rings is 1. The number of methoxy groups -OCH3 is 1. The third-order valence-corrected chi connectivity index (χ3v) is 5.27. The number of ether oxygens (including phenoxy) is 1. The molecule has 7 nitrogen and oxygen atoms in total. The Morgan fingerprint density at radius 3 is 2.46 bits per heavy atom. The molecule has 1 fully saturated rings. The highest BCUT2D eigenvalue weighted by Gasteiger charge is 2.19. The van der Waals surface area contributed by atoms with Crippen molar-refractivity contribution in [1.29, 1.82) is 0 Å². The van der Waals surface area contributed by atoms with Gasteiger partial charge in [-0.15, -0.1) is 0 Å². The normalized spacial score (nSPS) is 15.9. The van der Waals surface area contributed by atoms with Crippen molar-refractivity contribution in [3.8, 4) is 5.75 Å². The average molecular weight is 380 g/mol. The summed E-state index contributed by atoms with van der Waals surface area (Å²) < 4.78 is 41.3. The van der Waals surface area contributed by atoms with Gasteiger partial charge < -0.3 is 9.64 Å². The van der Waals surface area contributed by atoms with Gasteiger partial charge in [0.05, 0.1) is 7.11 Å². The van der Waals surface area contributed by atoms with Crippen molar-refractivity contribution < 1.29 is 17.5 Å². The molecule has 0 amide bonds. The van der Waals surface area contributed by atoms with Crippen molar-refractivity contribution in [2.45, 2.75) is 11.4 Å². The van der Waals surface area contributed by atoms with Gasteiger partial charge in [-0.2, -0.15) is 0 Å². The van der Waals surface area contributed by atoms with Crippen molar-refractivity contribution >= 4 is 15.8 Å². The third kappa shape index (κ3) is 4.29. The molecule has 9 heteroatoms. The molecule has 1 saturated heterocycles. The predicted molar refractivity (Wildman–Crippen MR) is 96.1 cm³/mol. The van der Waals surface area contributed by atoms with E-state index in [9.17, 15) is 12.8 Å². The van der Waals surface area contributed by atoms with Crippen molar-refractivity contribution in [2.75, 3.05) is 38.2 Å². The quantitative estimate of drug-likeness (QED) is 0.839. The summed E-state index contributed by atoms with van der Waals surface area (Å²) in [6.07, 6.45) is 1.27. The highest BCUT2D eigenvalue weighted by Crippen LogP contribution is 2.20. The number of rotatable bonds is 5. The number of halogens is 1. The molecule has 2 N–H and O–H groups in total. The van der Waals surface area contributed by atoms with Crippen LogP contribution in [0.15, 0.2) is 41.4 Å². The zero-order valence-electron chi connectivity index (χ0n) is 14.4. The van der Waals surface area contributed by atoms with E-state index in [1.54, 1.807) is 12.1 Å². The van der Waals surface area contributed by atoms with Crippen LogP contribution in [0.5, 0.6) is 5.75 Å². The molecule has 1 aromatic heterocycles. The molecule has 0 saturated carbocycles.